The first-order valence-corrected chi connectivity index (χ1v) is 8.17. The largest absolute Gasteiger partial charge is 0.368 e. The van der Waals surface area contributed by atoms with Crippen LogP contribution in [-0.4, -0.2) is 17.9 Å². The van der Waals surface area contributed by atoms with Crippen LogP contribution in [0, 0.1) is 5.92 Å². The van der Waals surface area contributed by atoms with Crippen LogP contribution in [-0.2, 0) is 16.0 Å². The van der Waals surface area contributed by atoms with Crippen molar-refractivity contribution < 1.29 is 9.59 Å². The van der Waals surface area contributed by atoms with Gasteiger partial charge in [0.15, 0.2) is 0 Å². The van der Waals surface area contributed by atoms with Gasteiger partial charge >= 0.3 is 0 Å². The molecular weight excluding hydrogens is 332 g/mol. The lowest BCUT2D eigenvalue weighted by molar-refractivity contribution is -0.127. The van der Waals surface area contributed by atoms with Crippen LogP contribution in [0.2, 0.25) is 0 Å². The van der Waals surface area contributed by atoms with Crippen LogP contribution >= 0.6 is 15.9 Å². The average Bonchev–Trinajstić information content (AvgIpc) is 2.93. The van der Waals surface area contributed by atoms with Crippen LogP contribution < -0.4 is 11.1 Å². The fourth-order valence-corrected chi connectivity index (χ4v) is 3.28. The summed E-state index contributed by atoms with van der Waals surface area (Å²) >= 11 is 3.45. The molecule has 0 aliphatic heterocycles. The van der Waals surface area contributed by atoms with Gasteiger partial charge in [-0.05, 0) is 30.4 Å². The number of halogens is 1. The summed E-state index contributed by atoms with van der Waals surface area (Å²) in [4.78, 5) is 23.6. The third kappa shape index (κ3) is 4.84. The molecule has 0 heterocycles. The van der Waals surface area contributed by atoms with E-state index in [1.54, 1.807) is 0 Å². The number of rotatable bonds is 6. The minimum atomic E-state index is -0.655. The van der Waals surface area contributed by atoms with Gasteiger partial charge in [0.1, 0.15) is 6.04 Å². The van der Waals surface area contributed by atoms with E-state index >= 15 is 0 Å². The molecular formula is C16H21BrN2O2. The maximum absolute atomic E-state index is 12.1. The third-order valence-corrected chi connectivity index (χ3v) is 4.78. The molecule has 0 radical (unpaired) electrons. The van der Waals surface area contributed by atoms with Crippen LogP contribution in [0.25, 0.3) is 0 Å². The van der Waals surface area contributed by atoms with E-state index in [2.05, 4.69) is 21.2 Å². The molecule has 1 aromatic carbocycles. The van der Waals surface area contributed by atoms with Crippen molar-refractivity contribution in [2.24, 2.45) is 11.7 Å². The standard InChI is InChI=1S/C16H21BrN2O2/c17-13-8-4-3-7-12(13)10-14(16(18)21)19-15(20)9-11-5-1-2-6-11/h3-4,7-8,11,14H,1-2,5-6,9-10H2,(H2,18,21)(H,19,20)/t14-/m1/s1. The van der Waals surface area contributed by atoms with Gasteiger partial charge in [-0.1, -0.05) is 47.0 Å². The quantitative estimate of drug-likeness (QED) is 0.825. The van der Waals surface area contributed by atoms with Gasteiger partial charge in [-0.3, -0.25) is 9.59 Å². The second-order valence-corrected chi connectivity index (χ2v) is 6.53. The molecule has 114 valence electrons. The fraction of sp³-hybridized carbons (Fsp3) is 0.500. The topological polar surface area (TPSA) is 72.2 Å². The summed E-state index contributed by atoms with van der Waals surface area (Å²) in [6, 6.07) is 6.98. The van der Waals surface area contributed by atoms with Crippen molar-refractivity contribution >= 4 is 27.7 Å². The Morgan fingerprint density at radius 1 is 1.29 bits per heavy atom. The van der Waals surface area contributed by atoms with E-state index in [1.165, 1.54) is 12.8 Å². The molecule has 1 aromatic rings. The first-order valence-electron chi connectivity index (χ1n) is 7.38. The predicted octanol–water partition coefficient (Wildman–Crippen LogP) is 2.54. The average molecular weight is 353 g/mol. The molecule has 1 fully saturated rings. The molecule has 5 heteroatoms. The van der Waals surface area contributed by atoms with Crippen LogP contribution in [0.15, 0.2) is 28.7 Å². The molecule has 3 N–H and O–H groups in total. The highest BCUT2D eigenvalue weighted by atomic mass is 79.9. The number of benzene rings is 1. The Labute approximate surface area is 133 Å². The summed E-state index contributed by atoms with van der Waals surface area (Å²) in [5, 5.41) is 2.78. The zero-order valence-electron chi connectivity index (χ0n) is 12.0. The van der Waals surface area contributed by atoms with E-state index in [1.807, 2.05) is 24.3 Å². The molecule has 4 nitrogen and oxygen atoms in total. The van der Waals surface area contributed by atoms with Gasteiger partial charge in [0, 0.05) is 17.3 Å². The number of carbonyl (C=O) groups is 2. The van der Waals surface area contributed by atoms with Crippen molar-refractivity contribution in [3.63, 3.8) is 0 Å². The second kappa shape index (κ2) is 7.59. The van der Waals surface area contributed by atoms with Crippen molar-refractivity contribution in [3.8, 4) is 0 Å². The van der Waals surface area contributed by atoms with Gasteiger partial charge in [0.05, 0.1) is 0 Å². The monoisotopic (exact) mass is 352 g/mol. The Morgan fingerprint density at radius 2 is 1.95 bits per heavy atom. The second-order valence-electron chi connectivity index (χ2n) is 5.67. The smallest absolute Gasteiger partial charge is 0.240 e. The number of nitrogens with two attached hydrogens (primary N) is 1. The number of carbonyl (C=O) groups excluding carboxylic acids is 2. The van der Waals surface area contributed by atoms with Gasteiger partial charge in [-0.15, -0.1) is 0 Å². The lowest BCUT2D eigenvalue weighted by Crippen LogP contribution is -2.46. The van der Waals surface area contributed by atoms with Crippen molar-refractivity contribution in [1.82, 2.24) is 5.32 Å². The maximum atomic E-state index is 12.1. The summed E-state index contributed by atoms with van der Waals surface area (Å²) < 4.78 is 0.918. The lowest BCUT2D eigenvalue weighted by Gasteiger charge is -2.17. The summed E-state index contributed by atoms with van der Waals surface area (Å²) in [7, 11) is 0. The Hall–Kier alpha value is -1.36. The molecule has 2 rings (SSSR count). The SMILES string of the molecule is NC(=O)[C@@H](Cc1ccccc1Br)NC(=O)CC1CCCC1. The van der Waals surface area contributed by atoms with Gasteiger partial charge < -0.3 is 11.1 Å². The van der Waals surface area contributed by atoms with E-state index in [0.29, 0.717) is 18.8 Å². The number of primary amides is 1. The van der Waals surface area contributed by atoms with Gasteiger partial charge in [0.25, 0.3) is 0 Å². The summed E-state index contributed by atoms with van der Waals surface area (Å²) in [6.07, 6.45) is 5.53. The molecule has 1 atom stereocenters. The molecule has 2 amide bonds. The Morgan fingerprint density at radius 3 is 2.57 bits per heavy atom. The molecule has 0 spiro atoms. The van der Waals surface area contributed by atoms with Crippen molar-refractivity contribution in [2.45, 2.75) is 44.6 Å². The zero-order valence-corrected chi connectivity index (χ0v) is 13.6. The van der Waals surface area contributed by atoms with E-state index in [-0.39, 0.29) is 5.91 Å². The molecule has 21 heavy (non-hydrogen) atoms. The van der Waals surface area contributed by atoms with Crippen molar-refractivity contribution in [1.29, 1.82) is 0 Å². The predicted molar refractivity (Wildman–Crippen MR) is 85.5 cm³/mol. The Kier molecular flexibility index (Phi) is 5.79. The van der Waals surface area contributed by atoms with E-state index < -0.39 is 11.9 Å². The fourth-order valence-electron chi connectivity index (χ4n) is 2.84. The molecule has 0 aromatic heterocycles. The van der Waals surface area contributed by atoms with Crippen molar-refractivity contribution in [3.05, 3.63) is 34.3 Å². The van der Waals surface area contributed by atoms with Gasteiger partial charge in [-0.25, -0.2) is 0 Å². The first-order chi connectivity index (χ1) is 10.1. The number of amides is 2. The van der Waals surface area contributed by atoms with Crippen molar-refractivity contribution in [2.75, 3.05) is 0 Å². The van der Waals surface area contributed by atoms with E-state index in [0.717, 1.165) is 22.9 Å². The van der Waals surface area contributed by atoms with Gasteiger partial charge in [-0.2, -0.15) is 0 Å². The number of hydrogen-bond acceptors (Lipinski definition) is 2. The molecule has 1 aliphatic rings. The highest BCUT2D eigenvalue weighted by Crippen LogP contribution is 2.27. The normalized spacial score (nSPS) is 16.6. The molecule has 0 unspecified atom stereocenters. The first kappa shape index (κ1) is 16.0. The van der Waals surface area contributed by atoms with Gasteiger partial charge in [0.2, 0.25) is 11.8 Å². The Bertz CT molecular complexity index is 513. The van der Waals surface area contributed by atoms with E-state index in [9.17, 15) is 9.59 Å². The molecule has 0 bridgehead atoms. The summed E-state index contributed by atoms with van der Waals surface area (Å²) in [6.45, 7) is 0. The number of nitrogens with one attached hydrogen (secondary N) is 1. The van der Waals surface area contributed by atoms with Crippen LogP contribution in [0.4, 0.5) is 0 Å². The minimum absolute atomic E-state index is 0.0715. The molecule has 0 saturated heterocycles. The van der Waals surface area contributed by atoms with Crippen LogP contribution in [0.3, 0.4) is 0 Å². The highest BCUT2D eigenvalue weighted by Gasteiger charge is 2.23. The van der Waals surface area contributed by atoms with Crippen LogP contribution in [0.5, 0.6) is 0 Å². The summed E-state index contributed by atoms with van der Waals surface area (Å²) in [5.74, 6) is -0.106. The zero-order chi connectivity index (χ0) is 15.2. The molecule has 1 aliphatic carbocycles. The third-order valence-electron chi connectivity index (χ3n) is 4.01. The van der Waals surface area contributed by atoms with Crippen LogP contribution in [0.1, 0.15) is 37.7 Å². The maximum Gasteiger partial charge on any atom is 0.240 e. The highest BCUT2D eigenvalue weighted by molar-refractivity contribution is 9.10. The summed E-state index contributed by atoms with van der Waals surface area (Å²) in [5.41, 5.74) is 6.38. The minimum Gasteiger partial charge on any atom is -0.368 e. The number of hydrogen-bond donors (Lipinski definition) is 2. The lowest BCUT2D eigenvalue weighted by atomic mass is 10.0. The van der Waals surface area contributed by atoms with E-state index in [4.69, 9.17) is 5.73 Å². The Balaban J connectivity index is 1.94. The molecule has 1 saturated carbocycles.